The van der Waals surface area contributed by atoms with Crippen LogP contribution in [0.1, 0.15) is 38.4 Å². The van der Waals surface area contributed by atoms with Crippen LogP contribution in [-0.4, -0.2) is 16.8 Å². The van der Waals surface area contributed by atoms with Gasteiger partial charge in [0.2, 0.25) is 0 Å². The number of nitrogens with one attached hydrogen (secondary N) is 1. The minimum atomic E-state index is -0.589. The number of fused-ring (bicyclic) bond motifs is 2. The Morgan fingerprint density at radius 3 is 2.73 bits per heavy atom. The second kappa shape index (κ2) is 6.42. The number of hydrogen-bond acceptors (Lipinski definition) is 3. The Kier molecular flexibility index (Phi) is 4.09. The summed E-state index contributed by atoms with van der Waals surface area (Å²) < 4.78 is 0. The summed E-state index contributed by atoms with van der Waals surface area (Å²) in [5, 5.41) is 4.10. The molecule has 3 aromatic rings. The summed E-state index contributed by atoms with van der Waals surface area (Å²) in [6.45, 7) is 0. The third-order valence-electron chi connectivity index (χ3n) is 4.64. The number of benzene rings is 2. The van der Waals surface area contributed by atoms with Crippen molar-refractivity contribution in [2.45, 2.75) is 19.3 Å². The van der Waals surface area contributed by atoms with Crippen molar-refractivity contribution >= 4 is 40.0 Å². The summed E-state index contributed by atoms with van der Waals surface area (Å²) in [7, 11) is 0. The summed E-state index contributed by atoms with van der Waals surface area (Å²) >= 11 is 6.15. The average molecular weight is 366 g/mol. The monoisotopic (exact) mass is 365 g/mol. The zero-order valence-corrected chi connectivity index (χ0v) is 14.6. The maximum absolute atomic E-state index is 13.1. The van der Waals surface area contributed by atoms with Gasteiger partial charge >= 0.3 is 0 Å². The first-order valence-corrected chi connectivity index (χ1v) is 8.73. The highest BCUT2D eigenvalue weighted by Gasteiger charge is 2.24. The molecule has 4 rings (SSSR count). The highest BCUT2D eigenvalue weighted by molar-refractivity contribution is 6.31. The van der Waals surface area contributed by atoms with Gasteiger partial charge in [0, 0.05) is 16.1 Å². The van der Waals surface area contributed by atoms with E-state index in [1.807, 2.05) is 6.07 Å². The van der Waals surface area contributed by atoms with Crippen LogP contribution in [0.5, 0.6) is 0 Å². The number of carbonyl (C=O) groups is 2. The average Bonchev–Trinajstić information content (AvgIpc) is 3.07. The van der Waals surface area contributed by atoms with Crippen LogP contribution in [0.15, 0.2) is 42.5 Å². The van der Waals surface area contributed by atoms with Crippen LogP contribution in [0.25, 0.3) is 10.9 Å². The zero-order valence-electron chi connectivity index (χ0n) is 13.9. The number of para-hydroxylation sites is 1. The summed E-state index contributed by atoms with van der Waals surface area (Å²) in [6.07, 6.45) is 2.61. The van der Waals surface area contributed by atoms with Gasteiger partial charge in [-0.05, 0) is 55.2 Å². The lowest BCUT2D eigenvalue weighted by molar-refractivity contribution is 0.100. The van der Waals surface area contributed by atoms with E-state index in [1.54, 1.807) is 36.4 Å². The Balaban J connectivity index is 1.85. The molecular formula is C20H16ClN3O2. The van der Waals surface area contributed by atoms with E-state index in [0.29, 0.717) is 21.7 Å². The van der Waals surface area contributed by atoms with Crippen molar-refractivity contribution in [3.05, 3.63) is 69.9 Å². The number of primary amides is 1. The molecule has 0 saturated carbocycles. The molecule has 1 aromatic heterocycles. The van der Waals surface area contributed by atoms with Gasteiger partial charge in [-0.3, -0.25) is 14.6 Å². The van der Waals surface area contributed by atoms with E-state index in [9.17, 15) is 9.59 Å². The fourth-order valence-corrected chi connectivity index (χ4v) is 3.66. The topological polar surface area (TPSA) is 85.1 Å². The number of hydrogen-bond donors (Lipinski definition) is 2. The number of aryl methyl sites for hydroxylation is 1. The normalized spacial score (nSPS) is 12.8. The number of nitrogens with zero attached hydrogens (tertiary/aromatic N) is 1. The third-order valence-corrected chi connectivity index (χ3v) is 4.88. The molecule has 2 aromatic carbocycles. The molecule has 0 spiro atoms. The fourth-order valence-electron chi connectivity index (χ4n) is 3.49. The van der Waals surface area contributed by atoms with Crippen molar-refractivity contribution in [3.8, 4) is 0 Å². The van der Waals surface area contributed by atoms with Gasteiger partial charge in [0.15, 0.2) is 0 Å². The Morgan fingerprint density at radius 1 is 1.12 bits per heavy atom. The van der Waals surface area contributed by atoms with E-state index in [2.05, 4.69) is 10.3 Å². The quantitative estimate of drug-likeness (QED) is 0.741. The van der Waals surface area contributed by atoms with Crippen LogP contribution in [0.3, 0.4) is 0 Å². The number of anilines is 1. The minimum Gasteiger partial charge on any atom is -0.366 e. The fraction of sp³-hybridized carbons (Fsp3) is 0.150. The lowest BCUT2D eigenvalue weighted by Crippen LogP contribution is -2.19. The number of halogens is 1. The van der Waals surface area contributed by atoms with E-state index in [4.69, 9.17) is 17.3 Å². The predicted octanol–water partition coefficient (Wildman–Crippen LogP) is 3.73. The SMILES string of the molecule is NC(=O)c1ccccc1NC(=O)c1c2c(nc3ccc(Cl)cc13)CCC2. The Bertz CT molecular complexity index is 1060. The van der Waals surface area contributed by atoms with Crippen molar-refractivity contribution in [3.63, 3.8) is 0 Å². The molecule has 0 bridgehead atoms. The Labute approximate surface area is 155 Å². The number of rotatable bonds is 3. The van der Waals surface area contributed by atoms with E-state index < -0.39 is 5.91 Å². The first-order chi connectivity index (χ1) is 12.5. The van der Waals surface area contributed by atoms with Crippen LogP contribution in [-0.2, 0) is 12.8 Å². The molecule has 1 heterocycles. The van der Waals surface area contributed by atoms with Gasteiger partial charge in [0.25, 0.3) is 11.8 Å². The molecule has 5 nitrogen and oxygen atoms in total. The molecule has 0 aliphatic heterocycles. The molecule has 0 radical (unpaired) electrons. The van der Waals surface area contributed by atoms with Gasteiger partial charge in [-0.15, -0.1) is 0 Å². The van der Waals surface area contributed by atoms with Crippen LogP contribution in [0.4, 0.5) is 5.69 Å². The van der Waals surface area contributed by atoms with Crippen LogP contribution in [0, 0.1) is 0 Å². The maximum Gasteiger partial charge on any atom is 0.256 e. The van der Waals surface area contributed by atoms with Crippen LogP contribution < -0.4 is 11.1 Å². The Morgan fingerprint density at radius 2 is 1.92 bits per heavy atom. The van der Waals surface area contributed by atoms with Crippen LogP contribution in [0.2, 0.25) is 5.02 Å². The molecule has 3 N–H and O–H groups in total. The van der Waals surface area contributed by atoms with E-state index >= 15 is 0 Å². The van der Waals surface area contributed by atoms with Gasteiger partial charge in [0.05, 0.1) is 22.3 Å². The number of amides is 2. The van der Waals surface area contributed by atoms with E-state index in [1.165, 1.54) is 0 Å². The highest BCUT2D eigenvalue weighted by Crippen LogP contribution is 2.32. The molecule has 0 fully saturated rings. The largest absolute Gasteiger partial charge is 0.366 e. The third kappa shape index (κ3) is 2.80. The second-order valence-corrected chi connectivity index (χ2v) is 6.73. The molecule has 0 unspecified atom stereocenters. The summed E-state index contributed by atoms with van der Waals surface area (Å²) in [4.78, 5) is 29.4. The molecular weight excluding hydrogens is 350 g/mol. The van der Waals surface area contributed by atoms with Crippen molar-refractivity contribution in [2.75, 3.05) is 5.32 Å². The highest BCUT2D eigenvalue weighted by atomic mass is 35.5. The van der Waals surface area contributed by atoms with Crippen molar-refractivity contribution in [1.29, 1.82) is 0 Å². The summed E-state index contributed by atoms with van der Waals surface area (Å²) in [5.41, 5.74) is 9.29. The zero-order chi connectivity index (χ0) is 18.3. The first-order valence-electron chi connectivity index (χ1n) is 8.36. The molecule has 1 aliphatic rings. The van der Waals surface area contributed by atoms with E-state index in [-0.39, 0.29) is 11.5 Å². The van der Waals surface area contributed by atoms with Crippen molar-refractivity contribution in [1.82, 2.24) is 4.98 Å². The van der Waals surface area contributed by atoms with Gasteiger partial charge < -0.3 is 11.1 Å². The van der Waals surface area contributed by atoms with Gasteiger partial charge in [-0.25, -0.2) is 0 Å². The van der Waals surface area contributed by atoms with Crippen molar-refractivity contribution < 1.29 is 9.59 Å². The lowest BCUT2D eigenvalue weighted by atomic mass is 10.00. The Hall–Kier alpha value is -2.92. The molecule has 0 atom stereocenters. The number of pyridine rings is 1. The van der Waals surface area contributed by atoms with E-state index in [0.717, 1.165) is 36.0 Å². The molecule has 0 saturated heterocycles. The van der Waals surface area contributed by atoms with Crippen LogP contribution >= 0.6 is 11.6 Å². The molecule has 26 heavy (non-hydrogen) atoms. The maximum atomic E-state index is 13.1. The molecule has 1 aliphatic carbocycles. The lowest BCUT2D eigenvalue weighted by Gasteiger charge is -2.14. The van der Waals surface area contributed by atoms with Gasteiger partial charge in [0.1, 0.15) is 0 Å². The second-order valence-electron chi connectivity index (χ2n) is 6.29. The van der Waals surface area contributed by atoms with Gasteiger partial charge in [-0.1, -0.05) is 23.7 Å². The standard InChI is InChI=1S/C20H16ClN3O2/c21-11-8-9-17-14(10-11)18(12-5-3-7-15(12)23-17)20(26)24-16-6-2-1-4-13(16)19(22)25/h1-2,4,6,8-10H,3,5,7H2,(H2,22,25)(H,24,26). The predicted molar refractivity (Wildman–Crippen MR) is 102 cm³/mol. The molecule has 2 amide bonds. The first kappa shape index (κ1) is 16.5. The number of nitrogens with two attached hydrogens (primary N) is 1. The summed E-state index contributed by atoms with van der Waals surface area (Å²) in [6, 6.07) is 12.0. The minimum absolute atomic E-state index is 0.272. The molecule has 6 heteroatoms. The smallest absolute Gasteiger partial charge is 0.256 e. The summed E-state index contributed by atoms with van der Waals surface area (Å²) in [5.74, 6) is -0.875. The number of carbonyl (C=O) groups excluding carboxylic acids is 2. The van der Waals surface area contributed by atoms with Gasteiger partial charge in [-0.2, -0.15) is 0 Å². The number of aromatic nitrogens is 1. The van der Waals surface area contributed by atoms with Crippen molar-refractivity contribution in [2.24, 2.45) is 5.73 Å². The molecule has 130 valence electrons.